The third-order valence-electron chi connectivity index (χ3n) is 2.85. The molecule has 98 valence electrons. The van der Waals surface area contributed by atoms with Gasteiger partial charge in [0.05, 0.1) is 12.7 Å². The highest BCUT2D eigenvalue weighted by Crippen LogP contribution is 2.08. The lowest BCUT2D eigenvalue weighted by Gasteiger charge is -2.14. The van der Waals surface area contributed by atoms with Gasteiger partial charge in [-0.2, -0.15) is 5.10 Å². The van der Waals surface area contributed by atoms with Crippen molar-refractivity contribution in [2.45, 2.75) is 33.0 Å². The van der Waals surface area contributed by atoms with Gasteiger partial charge in [-0.1, -0.05) is 0 Å². The van der Waals surface area contributed by atoms with E-state index in [1.165, 1.54) is 5.56 Å². The lowest BCUT2D eigenvalue weighted by molar-refractivity contribution is 0.306. The summed E-state index contributed by atoms with van der Waals surface area (Å²) in [5.41, 5.74) is 1.22. The first-order valence-corrected chi connectivity index (χ1v) is 6.10. The zero-order valence-corrected chi connectivity index (χ0v) is 11.4. The van der Waals surface area contributed by atoms with Crippen LogP contribution in [-0.4, -0.2) is 36.5 Å². The summed E-state index contributed by atoms with van der Waals surface area (Å²) in [7, 11) is 4.03. The van der Waals surface area contributed by atoms with E-state index in [0.29, 0.717) is 6.04 Å². The summed E-state index contributed by atoms with van der Waals surface area (Å²) < 4.78 is 3.92. The van der Waals surface area contributed by atoms with Gasteiger partial charge in [0.15, 0.2) is 0 Å². The molecule has 2 aromatic rings. The van der Waals surface area contributed by atoms with Crippen LogP contribution in [0.15, 0.2) is 18.7 Å². The van der Waals surface area contributed by atoms with Crippen molar-refractivity contribution in [2.24, 2.45) is 7.05 Å². The highest BCUT2D eigenvalue weighted by atomic mass is 15.3. The second-order valence-corrected chi connectivity index (χ2v) is 4.95. The van der Waals surface area contributed by atoms with Gasteiger partial charge in [-0.25, -0.2) is 0 Å². The summed E-state index contributed by atoms with van der Waals surface area (Å²) in [6.45, 7) is 5.89. The van der Waals surface area contributed by atoms with Crippen LogP contribution in [0.1, 0.15) is 31.3 Å². The van der Waals surface area contributed by atoms with E-state index >= 15 is 0 Å². The Labute approximate surface area is 107 Å². The zero-order chi connectivity index (χ0) is 13.1. The Kier molecular flexibility index (Phi) is 3.76. The van der Waals surface area contributed by atoms with E-state index in [0.717, 1.165) is 18.9 Å². The van der Waals surface area contributed by atoms with Gasteiger partial charge in [0.2, 0.25) is 0 Å². The summed E-state index contributed by atoms with van der Waals surface area (Å²) in [5, 5.41) is 12.3. The number of aromatic nitrogens is 5. The highest BCUT2D eigenvalue weighted by Gasteiger charge is 2.08. The van der Waals surface area contributed by atoms with Crippen LogP contribution >= 0.6 is 0 Å². The summed E-state index contributed by atoms with van der Waals surface area (Å²) in [4.78, 5) is 2.20. The van der Waals surface area contributed by atoms with Crippen molar-refractivity contribution in [2.75, 3.05) is 7.05 Å². The van der Waals surface area contributed by atoms with Gasteiger partial charge in [-0.15, -0.1) is 10.2 Å². The van der Waals surface area contributed by atoms with Gasteiger partial charge in [-0.05, 0) is 20.9 Å². The lowest BCUT2D eigenvalue weighted by Crippen LogP contribution is -2.19. The molecule has 0 bridgehead atoms. The summed E-state index contributed by atoms with van der Waals surface area (Å²) in [6, 6.07) is 0.405. The van der Waals surface area contributed by atoms with Crippen molar-refractivity contribution >= 4 is 0 Å². The van der Waals surface area contributed by atoms with Crippen molar-refractivity contribution in [3.63, 3.8) is 0 Å². The van der Waals surface area contributed by atoms with Crippen molar-refractivity contribution in [1.82, 2.24) is 29.4 Å². The quantitative estimate of drug-likeness (QED) is 0.798. The maximum Gasteiger partial charge on any atom is 0.146 e. The Morgan fingerprint density at radius 3 is 2.67 bits per heavy atom. The first-order valence-electron chi connectivity index (χ1n) is 6.10. The molecule has 0 aromatic carbocycles. The molecule has 0 atom stereocenters. The maximum absolute atomic E-state index is 4.34. The fourth-order valence-corrected chi connectivity index (χ4v) is 1.80. The first kappa shape index (κ1) is 12.8. The van der Waals surface area contributed by atoms with Crippen LogP contribution in [0.2, 0.25) is 0 Å². The highest BCUT2D eigenvalue weighted by molar-refractivity contribution is 5.04. The van der Waals surface area contributed by atoms with E-state index in [-0.39, 0.29) is 0 Å². The molecule has 0 saturated carbocycles. The van der Waals surface area contributed by atoms with Gasteiger partial charge in [0.25, 0.3) is 0 Å². The molecule has 0 spiro atoms. The molecule has 6 nitrogen and oxygen atoms in total. The molecule has 0 unspecified atom stereocenters. The Hall–Kier alpha value is -1.69. The maximum atomic E-state index is 4.34. The Balaban J connectivity index is 1.94. The molecule has 0 radical (unpaired) electrons. The summed E-state index contributed by atoms with van der Waals surface area (Å²) >= 11 is 0. The third-order valence-corrected chi connectivity index (χ3v) is 2.85. The molecule has 0 aliphatic carbocycles. The summed E-state index contributed by atoms with van der Waals surface area (Å²) in [5.74, 6) is 0.966. The molecule has 0 aliphatic heterocycles. The fraction of sp³-hybridized carbons (Fsp3) is 0.583. The second-order valence-electron chi connectivity index (χ2n) is 4.95. The number of nitrogens with zero attached hydrogens (tertiary/aromatic N) is 6. The normalized spacial score (nSPS) is 11.7. The van der Waals surface area contributed by atoms with E-state index < -0.39 is 0 Å². The number of aryl methyl sites for hydroxylation is 1. The number of hydrogen-bond acceptors (Lipinski definition) is 4. The molecule has 2 heterocycles. The topological polar surface area (TPSA) is 51.8 Å². The smallest absolute Gasteiger partial charge is 0.146 e. The second kappa shape index (κ2) is 5.30. The third kappa shape index (κ3) is 2.95. The van der Waals surface area contributed by atoms with Crippen LogP contribution in [0.4, 0.5) is 0 Å². The van der Waals surface area contributed by atoms with Gasteiger partial charge in [0, 0.05) is 31.4 Å². The number of rotatable bonds is 5. The molecule has 0 saturated heterocycles. The molecular formula is C12H20N6. The van der Waals surface area contributed by atoms with Crippen LogP contribution < -0.4 is 0 Å². The Morgan fingerprint density at radius 1 is 1.33 bits per heavy atom. The average Bonchev–Trinajstić information content (AvgIpc) is 2.89. The van der Waals surface area contributed by atoms with Crippen LogP contribution in [0.3, 0.4) is 0 Å². The minimum Gasteiger partial charge on any atom is -0.320 e. The monoisotopic (exact) mass is 248 g/mol. The van der Waals surface area contributed by atoms with E-state index in [4.69, 9.17) is 0 Å². The van der Waals surface area contributed by atoms with Crippen LogP contribution in [0.5, 0.6) is 0 Å². The molecule has 2 aromatic heterocycles. The Morgan fingerprint density at radius 2 is 2.11 bits per heavy atom. The lowest BCUT2D eigenvalue weighted by atomic mass is 10.3. The fourth-order valence-electron chi connectivity index (χ4n) is 1.80. The van der Waals surface area contributed by atoms with Gasteiger partial charge in [-0.3, -0.25) is 9.58 Å². The summed E-state index contributed by atoms with van der Waals surface area (Å²) in [6.07, 6.45) is 5.74. The molecule has 0 aliphatic rings. The molecule has 0 amide bonds. The molecule has 2 rings (SSSR count). The first-order chi connectivity index (χ1) is 8.56. The molecule has 18 heavy (non-hydrogen) atoms. The van der Waals surface area contributed by atoms with Crippen molar-refractivity contribution in [3.8, 4) is 0 Å². The predicted octanol–water partition coefficient (Wildman–Crippen LogP) is 1.22. The predicted molar refractivity (Wildman–Crippen MR) is 68.8 cm³/mol. The van der Waals surface area contributed by atoms with Gasteiger partial charge >= 0.3 is 0 Å². The average molecular weight is 248 g/mol. The number of hydrogen-bond donors (Lipinski definition) is 0. The van der Waals surface area contributed by atoms with E-state index in [1.807, 2.05) is 22.5 Å². The van der Waals surface area contributed by atoms with E-state index in [1.54, 1.807) is 6.33 Å². The Bertz CT molecular complexity index is 498. The molecular weight excluding hydrogens is 228 g/mol. The molecule has 0 N–H and O–H groups in total. The van der Waals surface area contributed by atoms with Crippen molar-refractivity contribution < 1.29 is 0 Å². The zero-order valence-electron chi connectivity index (χ0n) is 11.4. The van der Waals surface area contributed by atoms with Crippen LogP contribution in [0.25, 0.3) is 0 Å². The SMILES string of the molecule is CC(C)n1cc(CN(C)Cc2nncn2C)cn1. The van der Waals surface area contributed by atoms with Gasteiger partial charge in [0.1, 0.15) is 12.2 Å². The molecule has 0 fully saturated rings. The minimum absolute atomic E-state index is 0.405. The largest absolute Gasteiger partial charge is 0.320 e. The van der Waals surface area contributed by atoms with E-state index in [9.17, 15) is 0 Å². The van der Waals surface area contributed by atoms with E-state index in [2.05, 4.69) is 47.3 Å². The standard InChI is InChI=1S/C12H20N6/c1-10(2)18-7-11(5-14-18)6-16(3)8-12-15-13-9-17(12)4/h5,7,9-10H,6,8H2,1-4H3. The van der Waals surface area contributed by atoms with Crippen molar-refractivity contribution in [3.05, 3.63) is 30.1 Å². The van der Waals surface area contributed by atoms with Crippen LogP contribution in [0, 0.1) is 0 Å². The minimum atomic E-state index is 0.405. The molecule has 6 heteroatoms. The van der Waals surface area contributed by atoms with Crippen LogP contribution in [-0.2, 0) is 20.1 Å². The van der Waals surface area contributed by atoms with Gasteiger partial charge < -0.3 is 4.57 Å². The van der Waals surface area contributed by atoms with Crippen molar-refractivity contribution in [1.29, 1.82) is 0 Å².